The van der Waals surface area contributed by atoms with E-state index in [1.165, 1.54) is 22.5 Å². The highest BCUT2D eigenvalue weighted by Crippen LogP contribution is 2.20. The number of piperazine rings is 1. The number of hydrogen-bond acceptors (Lipinski definition) is 3. The number of rotatable bonds is 5. The second kappa shape index (κ2) is 7.91. The molecule has 0 saturated carbocycles. The maximum atomic E-state index is 13.8. The van der Waals surface area contributed by atoms with Crippen LogP contribution in [-0.2, 0) is 10.0 Å². The first-order chi connectivity index (χ1) is 12.1. The predicted molar refractivity (Wildman–Crippen MR) is 97.1 cm³/mol. The summed E-state index contributed by atoms with van der Waals surface area (Å²) in [6, 6.07) is 15.6. The van der Waals surface area contributed by atoms with Gasteiger partial charge in [0.15, 0.2) is 0 Å². The summed E-state index contributed by atoms with van der Waals surface area (Å²) in [7, 11) is -3.77. The molecule has 0 N–H and O–H groups in total. The van der Waals surface area contributed by atoms with Crippen molar-refractivity contribution in [3.8, 4) is 0 Å². The van der Waals surface area contributed by atoms with Crippen LogP contribution in [-0.4, -0.2) is 50.3 Å². The molecule has 1 aliphatic rings. The van der Waals surface area contributed by atoms with Crippen molar-refractivity contribution in [3.63, 3.8) is 0 Å². The standard InChI is InChI=1S/C19H21FN2O2S/c20-18-10-4-5-11-19(18)25(23,24)22-15-13-21(14-16-22)12-6-9-17-7-2-1-3-8-17/h1-11H,12-16H2/b9-6+. The minimum Gasteiger partial charge on any atom is -0.297 e. The number of hydrogen-bond donors (Lipinski definition) is 0. The van der Waals surface area contributed by atoms with Crippen LogP contribution in [0.25, 0.3) is 6.08 Å². The highest BCUT2D eigenvalue weighted by atomic mass is 32.2. The minimum absolute atomic E-state index is 0.243. The van der Waals surface area contributed by atoms with Crippen LogP contribution in [0.2, 0.25) is 0 Å². The van der Waals surface area contributed by atoms with Crippen molar-refractivity contribution < 1.29 is 12.8 Å². The van der Waals surface area contributed by atoms with Gasteiger partial charge in [-0.1, -0.05) is 54.6 Å². The van der Waals surface area contributed by atoms with Crippen molar-refractivity contribution >= 4 is 16.1 Å². The Labute approximate surface area is 148 Å². The van der Waals surface area contributed by atoms with Gasteiger partial charge in [-0.25, -0.2) is 12.8 Å². The zero-order chi connectivity index (χ0) is 17.7. The van der Waals surface area contributed by atoms with Gasteiger partial charge < -0.3 is 0 Å². The summed E-state index contributed by atoms with van der Waals surface area (Å²) in [4.78, 5) is 1.94. The van der Waals surface area contributed by atoms with E-state index < -0.39 is 15.8 Å². The van der Waals surface area contributed by atoms with Crippen LogP contribution in [0.4, 0.5) is 4.39 Å². The van der Waals surface area contributed by atoms with E-state index in [4.69, 9.17) is 0 Å². The molecule has 0 unspecified atom stereocenters. The molecular formula is C19H21FN2O2S. The third-order valence-electron chi connectivity index (χ3n) is 4.26. The zero-order valence-electron chi connectivity index (χ0n) is 13.9. The fourth-order valence-corrected chi connectivity index (χ4v) is 4.33. The predicted octanol–water partition coefficient (Wildman–Crippen LogP) is 2.85. The third kappa shape index (κ3) is 4.34. The lowest BCUT2D eigenvalue weighted by atomic mass is 10.2. The first-order valence-electron chi connectivity index (χ1n) is 8.26. The molecule has 3 rings (SSSR count). The van der Waals surface area contributed by atoms with Gasteiger partial charge in [0, 0.05) is 32.7 Å². The van der Waals surface area contributed by atoms with Crippen molar-refractivity contribution in [3.05, 3.63) is 72.1 Å². The van der Waals surface area contributed by atoms with Crippen molar-refractivity contribution in [1.82, 2.24) is 9.21 Å². The summed E-state index contributed by atoms with van der Waals surface area (Å²) in [5.74, 6) is -0.698. The smallest absolute Gasteiger partial charge is 0.246 e. The topological polar surface area (TPSA) is 40.6 Å². The Balaban J connectivity index is 1.57. The Morgan fingerprint density at radius 1 is 0.920 bits per heavy atom. The number of sulfonamides is 1. The summed E-state index contributed by atoms with van der Waals surface area (Å²) in [6.07, 6.45) is 4.14. The van der Waals surface area contributed by atoms with E-state index in [2.05, 4.69) is 17.1 Å². The number of nitrogens with zero attached hydrogens (tertiary/aromatic N) is 2. The largest absolute Gasteiger partial charge is 0.297 e. The molecule has 25 heavy (non-hydrogen) atoms. The van der Waals surface area contributed by atoms with Crippen LogP contribution in [0.5, 0.6) is 0 Å². The number of benzene rings is 2. The second-order valence-electron chi connectivity index (χ2n) is 5.95. The van der Waals surface area contributed by atoms with Crippen molar-refractivity contribution in [2.24, 2.45) is 0 Å². The molecule has 1 heterocycles. The number of halogens is 1. The van der Waals surface area contributed by atoms with Crippen molar-refractivity contribution in [1.29, 1.82) is 0 Å². The van der Waals surface area contributed by atoms with E-state index in [0.29, 0.717) is 26.2 Å². The summed E-state index contributed by atoms with van der Waals surface area (Å²) >= 11 is 0. The van der Waals surface area contributed by atoms with Gasteiger partial charge in [-0.15, -0.1) is 0 Å². The second-order valence-corrected chi connectivity index (χ2v) is 7.85. The van der Waals surface area contributed by atoms with Crippen LogP contribution < -0.4 is 0 Å². The molecule has 0 radical (unpaired) electrons. The summed E-state index contributed by atoms with van der Waals surface area (Å²) in [5, 5.41) is 0. The van der Waals surface area contributed by atoms with Crippen LogP contribution in [0.3, 0.4) is 0 Å². The molecule has 132 valence electrons. The van der Waals surface area contributed by atoms with Gasteiger partial charge in [0.05, 0.1) is 0 Å². The Morgan fingerprint density at radius 2 is 1.56 bits per heavy atom. The monoisotopic (exact) mass is 360 g/mol. The van der Waals surface area contributed by atoms with Crippen molar-refractivity contribution in [2.75, 3.05) is 32.7 Å². The Kier molecular flexibility index (Phi) is 5.63. The lowest BCUT2D eigenvalue weighted by Gasteiger charge is -2.33. The van der Waals surface area contributed by atoms with Crippen LogP contribution in [0.15, 0.2) is 65.6 Å². The fraction of sp³-hybridized carbons (Fsp3) is 0.263. The molecule has 2 aromatic carbocycles. The first kappa shape index (κ1) is 17.8. The Hall–Kier alpha value is -2.02. The molecule has 1 aliphatic heterocycles. The molecule has 0 atom stereocenters. The molecule has 4 nitrogen and oxygen atoms in total. The maximum absolute atomic E-state index is 13.8. The average Bonchev–Trinajstić information content (AvgIpc) is 2.63. The molecule has 0 amide bonds. The van der Waals surface area contributed by atoms with E-state index in [1.807, 2.05) is 30.3 Å². The fourth-order valence-electron chi connectivity index (χ4n) is 2.85. The summed E-state index contributed by atoms with van der Waals surface area (Å²) in [5.41, 5.74) is 1.14. The van der Waals surface area contributed by atoms with Gasteiger partial charge in [-0.2, -0.15) is 4.31 Å². The summed E-state index contributed by atoms with van der Waals surface area (Å²) in [6.45, 7) is 2.77. The van der Waals surface area contributed by atoms with Crippen LogP contribution in [0.1, 0.15) is 5.56 Å². The summed E-state index contributed by atoms with van der Waals surface area (Å²) < 4.78 is 40.3. The van der Waals surface area contributed by atoms with Gasteiger partial charge in [0.25, 0.3) is 0 Å². The molecule has 0 aromatic heterocycles. The molecule has 1 fully saturated rings. The van der Waals surface area contributed by atoms with Gasteiger partial charge in [-0.05, 0) is 17.7 Å². The molecule has 0 bridgehead atoms. The molecule has 2 aromatic rings. The van der Waals surface area contributed by atoms with E-state index >= 15 is 0 Å². The highest BCUT2D eigenvalue weighted by molar-refractivity contribution is 7.89. The first-order valence-corrected chi connectivity index (χ1v) is 9.70. The molecule has 0 spiro atoms. The minimum atomic E-state index is -3.77. The zero-order valence-corrected chi connectivity index (χ0v) is 14.7. The van der Waals surface area contributed by atoms with Gasteiger partial charge >= 0.3 is 0 Å². The van der Waals surface area contributed by atoms with E-state index in [0.717, 1.165) is 12.1 Å². The highest BCUT2D eigenvalue weighted by Gasteiger charge is 2.29. The third-order valence-corrected chi connectivity index (χ3v) is 6.19. The van der Waals surface area contributed by atoms with E-state index in [-0.39, 0.29) is 4.90 Å². The van der Waals surface area contributed by atoms with Crippen LogP contribution >= 0.6 is 0 Å². The Morgan fingerprint density at radius 3 is 2.24 bits per heavy atom. The van der Waals surface area contributed by atoms with Gasteiger partial charge in [-0.3, -0.25) is 4.90 Å². The quantitative estimate of drug-likeness (QED) is 0.823. The molecule has 6 heteroatoms. The maximum Gasteiger partial charge on any atom is 0.246 e. The lowest BCUT2D eigenvalue weighted by Crippen LogP contribution is -2.48. The van der Waals surface area contributed by atoms with E-state index in [9.17, 15) is 12.8 Å². The normalized spacial score (nSPS) is 17.2. The Bertz CT molecular complexity index is 830. The molecule has 1 saturated heterocycles. The van der Waals surface area contributed by atoms with Gasteiger partial charge in [0.2, 0.25) is 10.0 Å². The molecule has 0 aliphatic carbocycles. The lowest BCUT2D eigenvalue weighted by molar-refractivity contribution is 0.204. The van der Waals surface area contributed by atoms with Crippen molar-refractivity contribution in [2.45, 2.75) is 4.90 Å². The SMILES string of the molecule is O=S(=O)(c1ccccc1F)N1CCN(C/C=C/c2ccccc2)CC1. The van der Waals surface area contributed by atoms with Crippen LogP contribution in [0, 0.1) is 5.82 Å². The average molecular weight is 360 g/mol. The molecular weight excluding hydrogens is 339 g/mol. The van der Waals surface area contributed by atoms with Gasteiger partial charge in [0.1, 0.15) is 10.7 Å². The van der Waals surface area contributed by atoms with E-state index in [1.54, 1.807) is 6.07 Å².